The number of aromatic nitrogens is 1. The maximum atomic E-state index is 14.0. The fourth-order valence-electron chi connectivity index (χ4n) is 3.70. The van der Waals surface area contributed by atoms with Crippen LogP contribution in [0.2, 0.25) is 0 Å². The van der Waals surface area contributed by atoms with Gasteiger partial charge in [0.1, 0.15) is 11.5 Å². The smallest absolute Gasteiger partial charge is 0.273 e. The first-order chi connectivity index (χ1) is 13.5. The van der Waals surface area contributed by atoms with Gasteiger partial charge in [0.15, 0.2) is 0 Å². The molecule has 1 aliphatic heterocycles. The molecule has 0 N–H and O–H groups in total. The number of benzene rings is 1. The van der Waals surface area contributed by atoms with E-state index in [9.17, 15) is 9.18 Å². The normalized spacial score (nSPS) is 17.8. The van der Waals surface area contributed by atoms with E-state index in [4.69, 9.17) is 0 Å². The van der Waals surface area contributed by atoms with Crippen molar-refractivity contribution in [1.82, 2.24) is 19.7 Å². The van der Waals surface area contributed by atoms with E-state index in [1.54, 1.807) is 11.6 Å². The van der Waals surface area contributed by atoms with Crippen LogP contribution in [-0.2, 0) is 6.54 Å². The van der Waals surface area contributed by atoms with E-state index in [2.05, 4.69) is 14.8 Å². The summed E-state index contributed by atoms with van der Waals surface area (Å²) in [4.78, 5) is 23.4. The predicted molar refractivity (Wildman–Crippen MR) is 111 cm³/mol. The number of piperidine rings is 1. The summed E-state index contributed by atoms with van der Waals surface area (Å²) in [7, 11) is 4.03. The number of thiazole rings is 1. The SMILES string of the molecule is CN(C)CCN(C[C@@H]1CCCN(Cc2ccccc2F)C1)C(=O)c1cscn1. The quantitative estimate of drug-likeness (QED) is 0.677. The van der Waals surface area contributed by atoms with Crippen molar-refractivity contribution in [3.63, 3.8) is 0 Å². The summed E-state index contributed by atoms with van der Waals surface area (Å²) in [5.74, 6) is 0.260. The van der Waals surface area contributed by atoms with Crippen molar-refractivity contribution in [3.05, 3.63) is 52.2 Å². The van der Waals surface area contributed by atoms with E-state index in [1.165, 1.54) is 17.4 Å². The lowest BCUT2D eigenvalue weighted by Gasteiger charge is -2.36. The fraction of sp³-hybridized carbons (Fsp3) is 0.524. The topological polar surface area (TPSA) is 39.7 Å². The zero-order valence-corrected chi connectivity index (χ0v) is 17.5. The van der Waals surface area contributed by atoms with Crippen LogP contribution in [0.25, 0.3) is 0 Å². The molecule has 1 amide bonds. The number of hydrogen-bond acceptors (Lipinski definition) is 5. The highest BCUT2D eigenvalue weighted by Gasteiger charge is 2.26. The zero-order chi connectivity index (χ0) is 19.9. The van der Waals surface area contributed by atoms with Crippen molar-refractivity contribution in [2.24, 2.45) is 5.92 Å². The van der Waals surface area contributed by atoms with Gasteiger partial charge in [-0.3, -0.25) is 9.69 Å². The Morgan fingerprint density at radius 3 is 2.86 bits per heavy atom. The van der Waals surface area contributed by atoms with Gasteiger partial charge < -0.3 is 9.80 Å². The summed E-state index contributed by atoms with van der Waals surface area (Å²) in [6, 6.07) is 6.99. The third-order valence-electron chi connectivity index (χ3n) is 5.19. The molecule has 1 aromatic heterocycles. The predicted octanol–water partition coefficient (Wildman–Crippen LogP) is 3.20. The molecule has 1 aromatic carbocycles. The Bertz CT molecular complexity index is 753. The van der Waals surface area contributed by atoms with Crippen LogP contribution in [-0.4, -0.2) is 72.4 Å². The molecule has 1 atom stereocenters. The average molecular weight is 405 g/mol. The Hall–Kier alpha value is -1.83. The average Bonchev–Trinajstić information content (AvgIpc) is 3.21. The van der Waals surface area contributed by atoms with Crippen LogP contribution in [0.15, 0.2) is 35.2 Å². The van der Waals surface area contributed by atoms with Gasteiger partial charge in [-0.25, -0.2) is 9.37 Å². The number of amides is 1. The number of carbonyl (C=O) groups excluding carboxylic acids is 1. The highest BCUT2D eigenvalue weighted by atomic mass is 32.1. The van der Waals surface area contributed by atoms with E-state index >= 15 is 0 Å². The van der Waals surface area contributed by atoms with E-state index < -0.39 is 0 Å². The van der Waals surface area contributed by atoms with Gasteiger partial charge in [0.25, 0.3) is 5.91 Å². The second-order valence-electron chi connectivity index (χ2n) is 7.76. The van der Waals surface area contributed by atoms with Crippen LogP contribution in [0.4, 0.5) is 4.39 Å². The molecule has 3 rings (SSSR count). The molecule has 0 bridgehead atoms. The fourth-order valence-corrected chi connectivity index (χ4v) is 4.23. The van der Waals surface area contributed by atoms with Crippen molar-refractivity contribution in [3.8, 4) is 0 Å². The van der Waals surface area contributed by atoms with Gasteiger partial charge in [0, 0.05) is 43.7 Å². The van der Waals surface area contributed by atoms with Gasteiger partial charge in [-0.2, -0.15) is 0 Å². The summed E-state index contributed by atoms with van der Waals surface area (Å²) in [5.41, 5.74) is 2.97. The van der Waals surface area contributed by atoms with Crippen molar-refractivity contribution in [1.29, 1.82) is 0 Å². The number of hydrogen-bond donors (Lipinski definition) is 0. The van der Waals surface area contributed by atoms with Gasteiger partial charge in [0.2, 0.25) is 0 Å². The zero-order valence-electron chi connectivity index (χ0n) is 16.7. The van der Waals surface area contributed by atoms with Gasteiger partial charge in [0.05, 0.1) is 5.51 Å². The Labute approximate surface area is 170 Å². The molecule has 28 heavy (non-hydrogen) atoms. The lowest BCUT2D eigenvalue weighted by molar-refractivity contribution is 0.0655. The molecule has 1 fully saturated rings. The van der Waals surface area contributed by atoms with E-state index in [0.717, 1.165) is 44.6 Å². The first-order valence-electron chi connectivity index (χ1n) is 9.81. The highest BCUT2D eigenvalue weighted by molar-refractivity contribution is 7.07. The largest absolute Gasteiger partial charge is 0.336 e. The molecule has 0 radical (unpaired) electrons. The van der Waals surface area contributed by atoms with Crippen LogP contribution in [0, 0.1) is 11.7 Å². The number of halogens is 1. The molecule has 1 saturated heterocycles. The molecule has 7 heteroatoms. The first kappa shape index (κ1) is 20.9. The Morgan fingerprint density at radius 1 is 1.32 bits per heavy atom. The minimum atomic E-state index is -0.143. The molecule has 2 aromatic rings. The molecule has 0 spiro atoms. The van der Waals surface area contributed by atoms with E-state index in [0.29, 0.717) is 24.7 Å². The minimum Gasteiger partial charge on any atom is -0.336 e. The van der Waals surface area contributed by atoms with Crippen LogP contribution in [0.3, 0.4) is 0 Å². The summed E-state index contributed by atoms with van der Waals surface area (Å²) >= 11 is 1.45. The van der Waals surface area contributed by atoms with Crippen molar-refractivity contribution >= 4 is 17.2 Å². The second kappa shape index (κ2) is 10.1. The van der Waals surface area contributed by atoms with Crippen molar-refractivity contribution in [2.45, 2.75) is 19.4 Å². The van der Waals surface area contributed by atoms with Gasteiger partial charge in [-0.15, -0.1) is 11.3 Å². The molecule has 0 unspecified atom stereocenters. The maximum Gasteiger partial charge on any atom is 0.273 e. The third-order valence-corrected chi connectivity index (χ3v) is 5.78. The van der Waals surface area contributed by atoms with E-state index in [1.807, 2.05) is 36.5 Å². The molecule has 1 aliphatic rings. The summed E-state index contributed by atoms with van der Waals surface area (Å²) in [6.07, 6.45) is 2.17. The summed E-state index contributed by atoms with van der Waals surface area (Å²) in [6.45, 7) is 4.72. The lowest BCUT2D eigenvalue weighted by atomic mass is 9.96. The van der Waals surface area contributed by atoms with Crippen LogP contribution in [0.5, 0.6) is 0 Å². The minimum absolute atomic E-state index is 0.00864. The number of likely N-dealkylation sites (tertiary alicyclic amines) is 1. The number of nitrogens with zero attached hydrogens (tertiary/aromatic N) is 4. The summed E-state index contributed by atoms with van der Waals surface area (Å²) < 4.78 is 14.0. The second-order valence-corrected chi connectivity index (χ2v) is 8.48. The standard InChI is InChI=1S/C21H29FN4OS/c1-24(2)10-11-26(21(27)20-15-28-16-23-20)13-17-6-5-9-25(12-17)14-18-7-3-4-8-19(18)22/h3-4,7-8,15-17H,5-6,9-14H2,1-2H3/t17-/m1/s1. The van der Waals surface area contributed by atoms with Crippen LogP contribution < -0.4 is 0 Å². The summed E-state index contributed by atoms with van der Waals surface area (Å²) in [5, 5.41) is 1.82. The Balaban J connectivity index is 1.62. The van der Waals surface area contributed by atoms with Gasteiger partial charge in [-0.1, -0.05) is 18.2 Å². The molecular weight excluding hydrogens is 375 g/mol. The molecule has 0 aliphatic carbocycles. The third kappa shape index (κ3) is 5.83. The van der Waals surface area contributed by atoms with Crippen molar-refractivity contribution < 1.29 is 9.18 Å². The van der Waals surface area contributed by atoms with Crippen LogP contribution in [0.1, 0.15) is 28.9 Å². The number of rotatable bonds is 8. The molecular formula is C21H29FN4OS. The van der Waals surface area contributed by atoms with Gasteiger partial charge >= 0.3 is 0 Å². The Morgan fingerprint density at radius 2 is 2.14 bits per heavy atom. The molecule has 152 valence electrons. The molecule has 5 nitrogen and oxygen atoms in total. The number of carbonyl (C=O) groups is 1. The highest BCUT2D eigenvalue weighted by Crippen LogP contribution is 2.21. The van der Waals surface area contributed by atoms with Crippen LogP contribution >= 0.6 is 11.3 Å². The number of likely N-dealkylation sites (N-methyl/N-ethyl adjacent to an activating group) is 1. The maximum absolute atomic E-state index is 14.0. The Kier molecular flexibility index (Phi) is 7.53. The first-order valence-corrected chi connectivity index (χ1v) is 10.7. The molecule has 2 heterocycles. The lowest BCUT2D eigenvalue weighted by Crippen LogP contribution is -2.44. The van der Waals surface area contributed by atoms with E-state index in [-0.39, 0.29) is 11.7 Å². The van der Waals surface area contributed by atoms with Crippen molar-refractivity contribution in [2.75, 3.05) is 46.8 Å². The molecule has 0 saturated carbocycles. The van der Waals surface area contributed by atoms with Gasteiger partial charge in [-0.05, 0) is 45.5 Å². The monoisotopic (exact) mass is 404 g/mol.